The van der Waals surface area contributed by atoms with Gasteiger partial charge in [0.15, 0.2) is 0 Å². The Bertz CT molecular complexity index is 275. The van der Waals surface area contributed by atoms with Gasteiger partial charge in [0.25, 0.3) is 0 Å². The number of carbonyl (C=O) groups excluding carboxylic acids is 1. The fourth-order valence-electron chi connectivity index (χ4n) is 2.80. The lowest BCUT2D eigenvalue weighted by Crippen LogP contribution is -2.51. The molecule has 0 aromatic rings. The first-order valence-electron chi connectivity index (χ1n) is 7.73. The van der Waals surface area contributed by atoms with Crippen molar-refractivity contribution < 1.29 is 4.79 Å². The van der Waals surface area contributed by atoms with Gasteiger partial charge in [-0.05, 0) is 71.6 Å². The minimum atomic E-state index is -0.546. The van der Waals surface area contributed by atoms with E-state index in [1.165, 1.54) is 32.4 Å². The summed E-state index contributed by atoms with van der Waals surface area (Å²) in [6, 6.07) is 0. The van der Waals surface area contributed by atoms with Crippen LogP contribution in [0.4, 0.5) is 0 Å². The molecular formula is C15H31N3O. The molecule has 1 aliphatic heterocycles. The highest BCUT2D eigenvalue weighted by molar-refractivity contribution is 5.84. The molecule has 1 aliphatic rings. The second-order valence-corrected chi connectivity index (χ2v) is 6.10. The minimum absolute atomic E-state index is 0.251. The van der Waals surface area contributed by atoms with E-state index in [-0.39, 0.29) is 5.91 Å². The number of primary amides is 1. The maximum absolute atomic E-state index is 11.4. The Balaban J connectivity index is 2.16. The summed E-state index contributed by atoms with van der Waals surface area (Å²) in [6.45, 7) is 7.84. The van der Waals surface area contributed by atoms with E-state index in [1.807, 2.05) is 6.92 Å². The molecule has 19 heavy (non-hydrogen) atoms. The number of amides is 1. The standard InChI is InChI=1S/C15H31N3O/c1-4-13-7-11-18(12-8-13)10-6-5-9-15(2,17-3)14(16)19/h13,17H,4-12H2,1-3H3,(H2,16,19). The van der Waals surface area contributed by atoms with E-state index in [0.29, 0.717) is 0 Å². The summed E-state index contributed by atoms with van der Waals surface area (Å²) in [4.78, 5) is 13.9. The van der Waals surface area contributed by atoms with Crippen molar-refractivity contribution >= 4 is 5.91 Å². The lowest BCUT2D eigenvalue weighted by atomic mass is 9.93. The van der Waals surface area contributed by atoms with Gasteiger partial charge < -0.3 is 16.0 Å². The van der Waals surface area contributed by atoms with Gasteiger partial charge in [0.1, 0.15) is 0 Å². The summed E-state index contributed by atoms with van der Waals surface area (Å²) in [5, 5.41) is 3.04. The van der Waals surface area contributed by atoms with Crippen molar-refractivity contribution in [3.63, 3.8) is 0 Å². The lowest BCUT2D eigenvalue weighted by Gasteiger charge is -2.32. The number of piperidine rings is 1. The second kappa shape index (κ2) is 7.85. The summed E-state index contributed by atoms with van der Waals surface area (Å²) in [7, 11) is 1.81. The number of hydrogen-bond acceptors (Lipinski definition) is 3. The van der Waals surface area contributed by atoms with Crippen LogP contribution in [0.3, 0.4) is 0 Å². The van der Waals surface area contributed by atoms with E-state index in [2.05, 4.69) is 17.1 Å². The van der Waals surface area contributed by atoms with Crippen LogP contribution in [0.15, 0.2) is 0 Å². The zero-order valence-corrected chi connectivity index (χ0v) is 12.9. The number of nitrogens with two attached hydrogens (primary N) is 1. The van der Waals surface area contributed by atoms with Crippen LogP contribution < -0.4 is 11.1 Å². The highest BCUT2D eigenvalue weighted by Crippen LogP contribution is 2.20. The number of nitrogens with one attached hydrogen (secondary N) is 1. The Morgan fingerprint density at radius 3 is 2.47 bits per heavy atom. The van der Waals surface area contributed by atoms with Crippen molar-refractivity contribution in [1.29, 1.82) is 0 Å². The first-order valence-corrected chi connectivity index (χ1v) is 7.73. The molecule has 1 unspecified atom stereocenters. The predicted molar refractivity (Wildman–Crippen MR) is 80.0 cm³/mol. The SMILES string of the molecule is CCC1CCN(CCCCC(C)(NC)C(N)=O)CC1. The Morgan fingerprint density at radius 2 is 2.00 bits per heavy atom. The number of likely N-dealkylation sites (N-methyl/N-ethyl adjacent to an activating group) is 1. The Labute approximate surface area is 118 Å². The topological polar surface area (TPSA) is 58.4 Å². The molecule has 4 nitrogen and oxygen atoms in total. The molecule has 0 spiro atoms. The Hall–Kier alpha value is -0.610. The molecule has 1 rings (SSSR count). The molecular weight excluding hydrogens is 238 g/mol. The molecule has 0 saturated carbocycles. The molecule has 4 heteroatoms. The van der Waals surface area contributed by atoms with Gasteiger partial charge >= 0.3 is 0 Å². The Morgan fingerprint density at radius 1 is 1.37 bits per heavy atom. The molecule has 1 heterocycles. The molecule has 1 fully saturated rings. The van der Waals surface area contributed by atoms with Gasteiger partial charge in [-0.3, -0.25) is 4.79 Å². The van der Waals surface area contributed by atoms with Crippen molar-refractivity contribution in [2.24, 2.45) is 11.7 Å². The molecule has 0 bridgehead atoms. The van der Waals surface area contributed by atoms with Gasteiger partial charge in [0.2, 0.25) is 5.91 Å². The van der Waals surface area contributed by atoms with E-state index >= 15 is 0 Å². The molecule has 0 aliphatic carbocycles. The summed E-state index contributed by atoms with van der Waals surface area (Å²) in [5.41, 5.74) is 4.88. The third-order valence-corrected chi connectivity index (χ3v) is 4.78. The van der Waals surface area contributed by atoms with Gasteiger partial charge in [-0.2, -0.15) is 0 Å². The third-order valence-electron chi connectivity index (χ3n) is 4.78. The van der Waals surface area contributed by atoms with Crippen LogP contribution in [0.1, 0.15) is 52.4 Å². The average molecular weight is 269 g/mol. The molecule has 3 N–H and O–H groups in total. The van der Waals surface area contributed by atoms with E-state index in [0.717, 1.165) is 31.7 Å². The highest BCUT2D eigenvalue weighted by Gasteiger charge is 2.28. The van der Waals surface area contributed by atoms with Crippen LogP contribution in [-0.4, -0.2) is 43.0 Å². The quantitative estimate of drug-likeness (QED) is 0.660. The molecule has 1 atom stereocenters. The van der Waals surface area contributed by atoms with Crippen LogP contribution in [0.5, 0.6) is 0 Å². The second-order valence-electron chi connectivity index (χ2n) is 6.10. The molecule has 1 amide bonds. The summed E-state index contributed by atoms with van der Waals surface area (Å²) >= 11 is 0. The zero-order valence-electron chi connectivity index (χ0n) is 12.9. The minimum Gasteiger partial charge on any atom is -0.368 e. The number of carbonyl (C=O) groups is 1. The number of rotatable bonds is 8. The van der Waals surface area contributed by atoms with Crippen molar-refractivity contribution in [3.8, 4) is 0 Å². The van der Waals surface area contributed by atoms with Crippen LogP contribution in [0.25, 0.3) is 0 Å². The largest absolute Gasteiger partial charge is 0.368 e. The number of likely N-dealkylation sites (tertiary alicyclic amines) is 1. The van der Waals surface area contributed by atoms with E-state index < -0.39 is 5.54 Å². The lowest BCUT2D eigenvalue weighted by molar-refractivity contribution is -0.123. The molecule has 112 valence electrons. The fourth-order valence-corrected chi connectivity index (χ4v) is 2.80. The van der Waals surface area contributed by atoms with E-state index in [9.17, 15) is 4.79 Å². The van der Waals surface area contributed by atoms with Crippen molar-refractivity contribution in [3.05, 3.63) is 0 Å². The molecule has 0 aromatic heterocycles. The molecule has 0 aromatic carbocycles. The number of hydrogen-bond donors (Lipinski definition) is 2. The smallest absolute Gasteiger partial charge is 0.237 e. The van der Waals surface area contributed by atoms with E-state index in [4.69, 9.17) is 5.73 Å². The monoisotopic (exact) mass is 269 g/mol. The first-order chi connectivity index (χ1) is 9.01. The van der Waals surface area contributed by atoms with Crippen molar-refractivity contribution in [2.75, 3.05) is 26.7 Å². The van der Waals surface area contributed by atoms with E-state index in [1.54, 1.807) is 7.05 Å². The van der Waals surface area contributed by atoms with Crippen molar-refractivity contribution in [1.82, 2.24) is 10.2 Å². The predicted octanol–water partition coefficient (Wildman–Crippen LogP) is 1.74. The summed E-state index contributed by atoms with van der Waals surface area (Å²) in [6.07, 6.45) is 7.06. The zero-order chi connectivity index (χ0) is 14.3. The molecule has 0 radical (unpaired) electrons. The van der Waals surface area contributed by atoms with Gasteiger partial charge in [-0.1, -0.05) is 13.3 Å². The van der Waals surface area contributed by atoms with Gasteiger partial charge in [0, 0.05) is 0 Å². The van der Waals surface area contributed by atoms with Crippen LogP contribution >= 0.6 is 0 Å². The van der Waals surface area contributed by atoms with Crippen LogP contribution in [0, 0.1) is 5.92 Å². The van der Waals surface area contributed by atoms with Gasteiger partial charge in [-0.25, -0.2) is 0 Å². The molecule has 1 saturated heterocycles. The average Bonchev–Trinajstić information content (AvgIpc) is 2.43. The first kappa shape index (κ1) is 16.4. The maximum atomic E-state index is 11.4. The summed E-state index contributed by atoms with van der Waals surface area (Å²) in [5.74, 6) is 0.692. The highest BCUT2D eigenvalue weighted by atomic mass is 16.1. The number of unbranched alkanes of at least 4 members (excludes halogenated alkanes) is 1. The Kier molecular flexibility index (Phi) is 6.80. The third kappa shape index (κ3) is 5.11. The fraction of sp³-hybridized carbons (Fsp3) is 0.933. The van der Waals surface area contributed by atoms with Gasteiger partial charge in [0.05, 0.1) is 5.54 Å². The van der Waals surface area contributed by atoms with Crippen LogP contribution in [-0.2, 0) is 4.79 Å². The van der Waals surface area contributed by atoms with Gasteiger partial charge in [-0.15, -0.1) is 0 Å². The number of nitrogens with zero attached hydrogens (tertiary/aromatic N) is 1. The summed E-state index contributed by atoms with van der Waals surface area (Å²) < 4.78 is 0. The van der Waals surface area contributed by atoms with Crippen LogP contribution in [0.2, 0.25) is 0 Å². The van der Waals surface area contributed by atoms with Crippen molar-refractivity contribution in [2.45, 2.75) is 57.9 Å². The normalized spacial score (nSPS) is 21.2. The maximum Gasteiger partial charge on any atom is 0.237 e.